The summed E-state index contributed by atoms with van der Waals surface area (Å²) in [6, 6.07) is 11.4. The van der Waals surface area contributed by atoms with E-state index >= 15 is 0 Å². The molecule has 0 N–H and O–H groups in total. The number of hydrogen-bond donors (Lipinski definition) is 0. The van der Waals surface area contributed by atoms with Crippen LogP contribution in [0, 0.1) is 5.92 Å². The molecule has 0 aromatic heterocycles. The van der Waals surface area contributed by atoms with E-state index in [0.29, 0.717) is 18.0 Å². The summed E-state index contributed by atoms with van der Waals surface area (Å²) in [5, 5.41) is 0. The fourth-order valence-electron chi connectivity index (χ4n) is 4.09. The lowest BCUT2D eigenvalue weighted by atomic mass is 9.97. The lowest BCUT2D eigenvalue weighted by Gasteiger charge is -2.33. The third kappa shape index (κ3) is 3.81. The highest BCUT2D eigenvalue weighted by molar-refractivity contribution is 5.79. The largest absolute Gasteiger partial charge is 0.381 e. The molecule has 2 saturated heterocycles. The zero-order valence-corrected chi connectivity index (χ0v) is 15.0. The molecule has 24 heavy (non-hydrogen) atoms. The normalized spacial score (nSPS) is 24.0. The van der Waals surface area contributed by atoms with Crippen molar-refractivity contribution in [3.05, 3.63) is 35.9 Å². The number of amides is 1. The molecular weight excluding hydrogens is 300 g/mol. The number of ether oxygens (including phenoxy) is 1. The second kappa shape index (κ2) is 8.13. The molecule has 3 rings (SSSR count). The third-order valence-electron chi connectivity index (χ3n) is 5.66. The van der Waals surface area contributed by atoms with E-state index in [4.69, 9.17) is 4.74 Å². The van der Waals surface area contributed by atoms with E-state index in [-0.39, 0.29) is 5.92 Å². The number of likely N-dealkylation sites (tertiary alicyclic amines) is 1. The van der Waals surface area contributed by atoms with Crippen molar-refractivity contribution in [3.63, 3.8) is 0 Å². The van der Waals surface area contributed by atoms with Gasteiger partial charge in [-0.3, -0.25) is 9.69 Å². The first-order valence-corrected chi connectivity index (χ1v) is 9.38. The average Bonchev–Trinajstić information content (AvgIpc) is 3.13. The molecule has 2 fully saturated rings. The van der Waals surface area contributed by atoms with Gasteiger partial charge in [-0.2, -0.15) is 0 Å². The Balaban J connectivity index is 1.61. The van der Waals surface area contributed by atoms with Gasteiger partial charge in [0.05, 0.1) is 0 Å². The summed E-state index contributed by atoms with van der Waals surface area (Å²) in [6.45, 7) is 8.71. The van der Waals surface area contributed by atoms with Crippen molar-refractivity contribution < 1.29 is 9.53 Å². The number of carbonyl (C=O) groups excluding carboxylic acids is 1. The van der Waals surface area contributed by atoms with Gasteiger partial charge >= 0.3 is 0 Å². The second-order valence-corrected chi connectivity index (χ2v) is 7.03. The minimum absolute atomic E-state index is 0.166. The summed E-state index contributed by atoms with van der Waals surface area (Å²) in [7, 11) is 0. The molecule has 4 nitrogen and oxygen atoms in total. The van der Waals surface area contributed by atoms with Crippen LogP contribution in [-0.2, 0) is 9.53 Å². The number of nitrogens with zero attached hydrogens (tertiary/aromatic N) is 2. The molecule has 0 radical (unpaired) electrons. The van der Waals surface area contributed by atoms with E-state index in [1.807, 2.05) is 0 Å². The van der Waals surface area contributed by atoms with Crippen molar-refractivity contribution in [3.8, 4) is 0 Å². The van der Waals surface area contributed by atoms with Crippen LogP contribution in [-0.4, -0.2) is 54.6 Å². The van der Waals surface area contributed by atoms with E-state index in [9.17, 15) is 4.79 Å². The van der Waals surface area contributed by atoms with Gasteiger partial charge in [0.15, 0.2) is 0 Å². The fraction of sp³-hybridized carbons (Fsp3) is 0.650. The Hall–Kier alpha value is -1.39. The van der Waals surface area contributed by atoms with Crippen molar-refractivity contribution in [1.29, 1.82) is 0 Å². The number of benzene rings is 1. The predicted octanol–water partition coefficient (Wildman–Crippen LogP) is 3.10. The first kappa shape index (κ1) is 17.4. The zero-order valence-electron chi connectivity index (χ0n) is 15.0. The fourth-order valence-corrected chi connectivity index (χ4v) is 4.09. The van der Waals surface area contributed by atoms with Gasteiger partial charge < -0.3 is 9.64 Å². The molecular formula is C20H30N2O2. The highest BCUT2D eigenvalue weighted by atomic mass is 16.5. The Kier molecular flexibility index (Phi) is 5.90. The molecule has 1 aromatic carbocycles. The molecule has 1 amide bonds. The molecule has 0 spiro atoms. The molecule has 0 bridgehead atoms. The van der Waals surface area contributed by atoms with Crippen LogP contribution in [0.3, 0.4) is 0 Å². The summed E-state index contributed by atoms with van der Waals surface area (Å²) >= 11 is 0. The van der Waals surface area contributed by atoms with Crippen LogP contribution in [0.15, 0.2) is 30.3 Å². The number of rotatable bonds is 5. The maximum absolute atomic E-state index is 12.9. The Labute approximate surface area is 145 Å². The highest BCUT2D eigenvalue weighted by Gasteiger charge is 2.35. The van der Waals surface area contributed by atoms with E-state index in [1.54, 1.807) is 0 Å². The zero-order chi connectivity index (χ0) is 16.9. The lowest BCUT2D eigenvalue weighted by molar-refractivity contribution is -0.140. The van der Waals surface area contributed by atoms with Gasteiger partial charge in [0.1, 0.15) is 0 Å². The third-order valence-corrected chi connectivity index (χ3v) is 5.66. The van der Waals surface area contributed by atoms with Crippen LogP contribution in [0.5, 0.6) is 0 Å². The van der Waals surface area contributed by atoms with Crippen LogP contribution >= 0.6 is 0 Å². The standard InChI is InChI=1S/C20H30N2O2/c1-3-22(20(23)18-10-13-24-14-11-18)19-9-12-21(15-19)16(2)17-7-5-4-6-8-17/h4-8,16,18-19H,3,9-15H2,1-2H3. The smallest absolute Gasteiger partial charge is 0.226 e. The SMILES string of the molecule is CCN(C(=O)C1CCOCC1)C1CCN(C(C)c2ccccc2)C1. The van der Waals surface area contributed by atoms with Crippen LogP contribution in [0.25, 0.3) is 0 Å². The quantitative estimate of drug-likeness (QED) is 0.832. The van der Waals surface area contributed by atoms with Gasteiger partial charge in [-0.15, -0.1) is 0 Å². The van der Waals surface area contributed by atoms with E-state index < -0.39 is 0 Å². The van der Waals surface area contributed by atoms with Gasteiger partial charge in [-0.25, -0.2) is 0 Å². The van der Waals surface area contributed by atoms with Crippen molar-refractivity contribution >= 4 is 5.91 Å². The summed E-state index contributed by atoms with van der Waals surface area (Å²) < 4.78 is 5.41. The van der Waals surface area contributed by atoms with Gasteiger partial charge in [-0.1, -0.05) is 30.3 Å². The van der Waals surface area contributed by atoms with E-state index in [0.717, 1.165) is 52.1 Å². The molecule has 2 unspecified atom stereocenters. The topological polar surface area (TPSA) is 32.8 Å². The summed E-state index contributed by atoms with van der Waals surface area (Å²) in [6.07, 6.45) is 2.85. The molecule has 2 atom stereocenters. The minimum atomic E-state index is 0.166. The molecule has 0 aliphatic carbocycles. The van der Waals surface area contributed by atoms with Crippen LogP contribution < -0.4 is 0 Å². The Morgan fingerprint density at radius 3 is 2.62 bits per heavy atom. The second-order valence-electron chi connectivity index (χ2n) is 7.03. The first-order chi connectivity index (χ1) is 11.7. The summed E-state index contributed by atoms with van der Waals surface area (Å²) in [5.74, 6) is 0.513. The molecule has 0 saturated carbocycles. The van der Waals surface area contributed by atoms with Gasteiger partial charge in [0.2, 0.25) is 5.91 Å². The Morgan fingerprint density at radius 2 is 1.96 bits per heavy atom. The van der Waals surface area contributed by atoms with E-state index in [2.05, 4.69) is 54.0 Å². The first-order valence-electron chi connectivity index (χ1n) is 9.38. The van der Waals surface area contributed by atoms with Gasteiger partial charge in [0.25, 0.3) is 0 Å². The molecule has 132 valence electrons. The molecule has 2 heterocycles. The minimum Gasteiger partial charge on any atom is -0.381 e. The van der Waals surface area contributed by atoms with Crippen molar-refractivity contribution in [2.75, 3.05) is 32.8 Å². The summed E-state index contributed by atoms with van der Waals surface area (Å²) in [5.41, 5.74) is 1.36. The van der Waals surface area contributed by atoms with Gasteiger partial charge in [-0.05, 0) is 38.7 Å². The molecule has 1 aromatic rings. The number of carbonyl (C=O) groups is 1. The Morgan fingerprint density at radius 1 is 1.25 bits per heavy atom. The van der Waals surface area contributed by atoms with Crippen molar-refractivity contribution in [2.24, 2.45) is 5.92 Å². The van der Waals surface area contributed by atoms with E-state index in [1.165, 1.54) is 5.56 Å². The highest BCUT2D eigenvalue weighted by Crippen LogP contribution is 2.28. The van der Waals surface area contributed by atoms with Gasteiger partial charge in [0, 0.05) is 50.8 Å². The van der Waals surface area contributed by atoms with Crippen LogP contribution in [0.1, 0.15) is 44.7 Å². The average molecular weight is 330 g/mol. The molecule has 2 aliphatic heterocycles. The van der Waals surface area contributed by atoms with Crippen molar-refractivity contribution in [2.45, 2.75) is 45.2 Å². The molecule has 4 heteroatoms. The maximum atomic E-state index is 12.9. The van der Waals surface area contributed by atoms with Crippen LogP contribution in [0.2, 0.25) is 0 Å². The molecule has 2 aliphatic rings. The Bertz CT molecular complexity index is 528. The lowest BCUT2D eigenvalue weighted by Crippen LogP contribution is -2.46. The van der Waals surface area contributed by atoms with Crippen molar-refractivity contribution in [1.82, 2.24) is 9.80 Å². The number of hydrogen-bond acceptors (Lipinski definition) is 3. The summed E-state index contributed by atoms with van der Waals surface area (Å²) in [4.78, 5) is 17.6. The predicted molar refractivity (Wildman–Crippen MR) is 95.8 cm³/mol. The number of likely N-dealkylation sites (N-methyl/N-ethyl adjacent to an activating group) is 1. The van der Waals surface area contributed by atoms with Crippen LogP contribution in [0.4, 0.5) is 0 Å². The maximum Gasteiger partial charge on any atom is 0.226 e. The monoisotopic (exact) mass is 330 g/mol.